The van der Waals surface area contributed by atoms with E-state index in [2.05, 4.69) is 30.3 Å². The zero-order chi connectivity index (χ0) is 23.9. The summed E-state index contributed by atoms with van der Waals surface area (Å²) in [5.41, 5.74) is 2.50. The predicted molar refractivity (Wildman–Crippen MR) is 132 cm³/mol. The van der Waals surface area contributed by atoms with Gasteiger partial charge in [-0.3, -0.25) is 10.1 Å². The highest BCUT2D eigenvalue weighted by molar-refractivity contribution is 5.90. The van der Waals surface area contributed by atoms with E-state index in [0.717, 1.165) is 16.5 Å². The van der Waals surface area contributed by atoms with Crippen molar-refractivity contribution in [3.05, 3.63) is 112 Å². The summed E-state index contributed by atoms with van der Waals surface area (Å²) in [6, 6.07) is 28.0. The van der Waals surface area contributed by atoms with Crippen molar-refractivity contribution in [1.29, 1.82) is 5.26 Å². The van der Waals surface area contributed by atoms with E-state index in [0.29, 0.717) is 35.8 Å². The largest absolute Gasteiger partial charge is 0.490 e. The number of nitrogens with zero attached hydrogens (tertiary/aromatic N) is 2. The minimum Gasteiger partial charge on any atom is -0.490 e. The fraction of sp³-hybridized carbons (Fsp3) is 0.107. The molecule has 0 spiro atoms. The number of nitro groups is 1. The van der Waals surface area contributed by atoms with Crippen molar-refractivity contribution in [3.8, 4) is 17.6 Å². The Labute approximate surface area is 197 Å². The lowest BCUT2D eigenvalue weighted by molar-refractivity contribution is -0.384. The zero-order valence-electron chi connectivity index (χ0n) is 18.6. The molecular weight excluding hydrogens is 428 g/mol. The van der Waals surface area contributed by atoms with Crippen LogP contribution < -0.4 is 9.47 Å². The van der Waals surface area contributed by atoms with Crippen molar-refractivity contribution in [1.82, 2.24) is 0 Å². The Kier molecular flexibility index (Phi) is 6.85. The number of nitriles is 1. The summed E-state index contributed by atoms with van der Waals surface area (Å²) < 4.78 is 11.8. The van der Waals surface area contributed by atoms with E-state index < -0.39 is 4.92 Å². The molecule has 0 bridgehead atoms. The van der Waals surface area contributed by atoms with Crippen LogP contribution >= 0.6 is 0 Å². The van der Waals surface area contributed by atoms with Crippen molar-refractivity contribution < 1.29 is 14.4 Å². The van der Waals surface area contributed by atoms with E-state index in [-0.39, 0.29) is 5.69 Å². The Morgan fingerprint density at radius 2 is 1.76 bits per heavy atom. The van der Waals surface area contributed by atoms with E-state index in [1.165, 1.54) is 17.5 Å². The molecule has 4 aromatic rings. The predicted octanol–water partition coefficient (Wildman–Crippen LogP) is 6.79. The van der Waals surface area contributed by atoms with Gasteiger partial charge >= 0.3 is 0 Å². The lowest BCUT2D eigenvalue weighted by Crippen LogP contribution is -2.00. The van der Waals surface area contributed by atoms with Gasteiger partial charge in [0, 0.05) is 12.1 Å². The van der Waals surface area contributed by atoms with Gasteiger partial charge in [-0.05, 0) is 58.7 Å². The molecule has 4 aromatic carbocycles. The monoisotopic (exact) mass is 450 g/mol. The average molecular weight is 450 g/mol. The molecule has 0 heterocycles. The van der Waals surface area contributed by atoms with Crippen molar-refractivity contribution in [3.63, 3.8) is 0 Å². The van der Waals surface area contributed by atoms with Crippen LogP contribution in [0.3, 0.4) is 0 Å². The summed E-state index contributed by atoms with van der Waals surface area (Å²) >= 11 is 0. The van der Waals surface area contributed by atoms with E-state index in [4.69, 9.17) is 9.47 Å². The summed E-state index contributed by atoms with van der Waals surface area (Å²) in [6.45, 7) is 2.73. The topological polar surface area (TPSA) is 85.4 Å². The molecule has 6 nitrogen and oxygen atoms in total. The number of hydrogen-bond acceptors (Lipinski definition) is 5. The summed E-state index contributed by atoms with van der Waals surface area (Å²) in [7, 11) is 0. The second-order valence-corrected chi connectivity index (χ2v) is 7.59. The quantitative estimate of drug-likeness (QED) is 0.128. The van der Waals surface area contributed by atoms with Crippen molar-refractivity contribution in [2.75, 3.05) is 6.61 Å². The first-order valence-corrected chi connectivity index (χ1v) is 10.8. The minimum atomic E-state index is -0.479. The van der Waals surface area contributed by atoms with Gasteiger partial charge in [-0.15, -0.1) is 0 Å². The zero-order valence-corrected chi connectivity index (χ0v) is 18.6. The Bertz CT molecular complexity index is 1420. The van der Waals surface area contributed by atoms with Gasteiger partial charge in [0.25, 0.3) is 5.69 Å². The molecule has 0 radical (unpaired) electrons. The van der Waals surface area contributed by atoms with Crippen LogP contribution in [0.2, 0.25) is 0 Å². The Balaban J connectivity index is 1.58. The molecule has 0 aliphatic rings. The van der Waals surface area contributed by atoms with Crippen LogP contribution in [-0.2, 0) is 6.61 Å². The highest BCUT2D eigenvalue weighted by Crippen LogP contribution is 2.31. The molecule has 168 valence electrons. The Morgan fingerprint density at radius 3 is 2.53 bits per heavy atom. The van der Waals surface area contributed by atoms with Crippen molar-refractivity contribution >= 4 is 28.1 Å². The molecule has 0 fully saturated rings. The normalized spacial score (nSPS) is 11.1. The summed E-state index contributed by atoms with van der Waals surface area (Å²) in [5.74, 6) is 1.16. The Hall–Kier alpha value is -4.63. The number of allylic oxidation sites excluding steroid dienone is 1. The van der Waals surface area contributed by atoms with Crippen LogP contribution in [0.1, 0.15) is 23.6 Å². The second-order valence-electron chi connectivity index (χ2n) is 7.59. The first-order chi connectivity index (χ1) is 16.6. The van der Waals surface area contributed by atoms with Crippen LogP contribution in [-0.4, -0.2) is 11.5 Å². The van der Waals surface area contributed by atoms with Gasteiger partial charge in [0.05, 0.1) is 23.2 Å². The summed E-state index contributed by atoms with van der Waals surface area (Å²) in [4.78, 5) is 10.6. The Morgan fingerprint density at radius 1 is 0.941 bits per heavy atom. The molecule has 0 aromatic heterocycles. The van der Waals surface area contributed by atoms with Gasteiger partial charge < -0.3 is 9.47 Å². The smallest absolute Gasteiger partial charge is 0.270 e. The maximum atomic E-state index is 11.1. The van der Waals surface area contributed by atoms with Gasteiger partial charge in [0.2, 0.25) is 0 Å². The molecule has 6 heteroatoms. The molecule has 0 saturated carbocycles. The lowest BCUT2D eigenvalue weighted by Gasteiger charge is -2.13. The standard InChI is InChI=1S/C28H22N2O4/c1-2-33-28-16-20(14-25(18-29)24-8-5-9-26(17-24)30(31)32)11-13-27(28)34-19-21-10-12-22-6-3-4-7-23(22)15-21/h3-17H,2,19H2,1H3/b25-14-. The van der Waals surface area contributed by atoms with Gasteiger partial charge in [-0.1, -0.05) is 54.6 Å². The first kappa shape index (κ1) is 22.6. The van der Waals surface area contributed by atoms with Crippen LogP contribution in [0.25, 0.3) is 22.4 Å². The van der Waals surface area contributed by atoms with E-state index >= 15 is 0 Å². The van der Waals surface area contributed by atoms with E-state index in [1.54, 1.807) is 30.3 Å². The third-order valence-corrected chi connectivity index (χ3v) is 5.28. The van der Waals surface area contributed by atoms with Crippen LogP contribution in [0.15, 0.2) is 84.9 Å². The molecule has 4 rings (SSSR count). The molecule has 0 aliphatic carbocycles. The number of fused-ring (bicyclic) bond motifs is 1. The fourth-order valence-electron chi connectivity index (χ4n) is 3.63. The maximum absolute atomic E-state index is 11.1. The number of ether oxygens (including phenoxy) is 2. The number of rotatable bonds is 8. The van der Waals surface area contributed by atoms with Gasteiger partial charge in [0.1, 0.15) is 6.61 Å². The summed E-state index contributed by atoms with van der Waals surface area (Å²) in [5, 5.41) is 23.0. The molecule has 0 unspecified atom stereocenters. The van der Waals surface area contributed by atoms with Crippen molar-refractivity contribution in [2.24, 2.45) is 0 Å². The third-order valence-electron chi connectivity index (χ3n) is 5.28. The van der Waals surface area contributed by atoms with Gasteiger partial charge in [-0.25, -0.2) is 0 Å². The van der Waals surface area contributed by atoms with Crippen molar-refractivity contribution in [2.45, 2.75) is 13.5 Å². The second kappa shape index (κ2) is 10.3. The maximum Gasteiger partial charge on any atom is 0.270 e. The average Bonchev–Trinajstić information content (AvgIpc) is 2.87. The molecule has 34 heavy (non-hydrogen) atoms. The van der Waals surface area contributed by atoms with E-state index in [1.807, 2.05) is 31.2 Å². The van der Waals surface area contributed by atoms with E-state index in [9.17, 15) is 15.4 Å². The number of hydrogen-bond donors (Lipinski definition) is 0. The molecule has 0 saturated heterocycles. The number of benzene rings is 4. The van der Waals surface area contributed by atoms with Gasteiger partial charge in [-0.2, -0.15) is 5.26 Å². The van der Waals surface area contributed by atoms with Crippen LogP contribution in [0, 0.1) is 21.4 Å². The first-order valence-electron chi connectivity index (χ1n) is 10.8. The third kappa shape index (κ3) is 5.22. The van der Waals surface area contributed by atoms with Crippen LogP contribution in [0.5, 0.6) is 11.5 Å². The van der Waals surface area contributed by atoms with Crippen LogP contribution in [0.4, 0.5) is 5.69 Å². The number of nitro benzene ring substituents is 1. The lowest BCUT2D eigenvalue weighted by atomic mass is 10.0. The molecule has 0 atom stereocenters. The molecule has 0 aliphatic heterocycles. The highest BCUT2D eigenvalue weighted by atomic mass is 16.6. The number of non-ortho nitro benzene ring substituents is 1. The molecule has 0 N–H and O–H groups in total. The SMILES string of the molecule is CCOc1cc(/C=C(/C#N)c2cccc([N+](=O)[O-])c2)ccc1OCc1ccc2ccccc2c1. The van der Waals surface area contributed by atoms with Gasteiger partial charge in [0.15, 0.2) is 11.5 Å². The highest BCUT2D eigenvalue weighted by Gasteiger charge is 2.11. The summed E-state index contributed by atoms with van der Waals surface area (Å²) in [6.07, 6.45) is 1.68. The molecular formula is C28H22N2O4. The fourth-order valence-corrected chi connectivity index (χ4v) is 3.63. The molecule has 0 amide bonds. The minimum absolute atomic E-state index is 0.0638.